The molecule has 0 aromatic heterocycles. The molecule has 0 radical (unpaired) electrons. The molecule has 1 heterocycles. The molecule has 0 saturated carbocycles. The molecule has 5 heteroatoms. The molecule has 1 aliphatic rings. The van der Waals surface area contributed by atoms with Crippen LogP contribution in [0.1, 0.15) is 5.56 Å². The van der Waals surface area contributed by atoms with Gasteiger partial charge in [-0.05, 0) is 43.3 Å². The third-order valence-electron chi connectivity index (χ3n) is 4.65. The van der Waals surface area contributed by atoms with E-state index in [1.54, 1.807) is 0 Å². The van der Waals surface area contributed by atoms with E-state index in [0.29, 0.717) is 6.61 Å². The van der Waals surface area contributed by atoms with Gasteiger partial charge in [-0.1, -0.05) is 33.6 Å². The Morgan fingerprint density at radius 2 is 1.72 bits per heavy atom. The van der Waals surface area contributed by atoms with E-state index in [1.165, 1.54) is 16.2 Å². The Kier molecular flexibility index (Phi) is 6.34. The molecule has 0 spiro atoms. The van der Waals surface area contributed by atoms with E-state index in [0.717, 1.165) is 42.9 Å². The number of aliphatic hydroxyl groups excluding tert-OH is 1. The van der Waals surface area contributed by atoms with Crippen LogP contribution >= 0.6 is 15.9 Å². The summed E-state index contributed by atoms with van der Waals surface area (Å²) in [6.07, 6.45) is -0.440. The highest BCUT2D eigenvalue weighted by Crippen LogP contribution is 2.16. The van der Waals surface area contributed by atoms with Crippen LogP contribution in [0.15, 0.2) is 53.0 Å². The molecular weight excluding hydrogens is 380 g/mol. The number of nitrogens with one attached hydrogen (secondary N) is 1. The Morgan fingerprint density at radius 3 is 2.36 bits per heavy atom. The van der Waals surface area contributed by atoms with Crippen LogP contribution in [0.4, 0.5) is 5.69 Å². The normalized spacial score (nSPS) is 16.7. The van der Waals surface area contributed by atoms with E-state index in [-0.39, 0.29) is 0 Å². The Bertz CT molecular complexity index is 652. The molecule has 134 valence electrons. The number of hydrogen-bond acceptors (Lipinski definition) is 3. The van der Waals surface area contributed by atoms with Gasteiger partial charge in [-0.2, -0.15) is 0 Å². The lowest BCUT2D eigenvalue weighted by molar-refractivity contribution is -0.903. The van der Waals surface area contributed by atoms with Crippen LogP contribution in [0.25, 0.3) is 0 Å². The highest BCUT2D eigenvalue weighted by Gasteiger charge is 2.22. The lowest BCUT2D eigenvalue weighted by Crippen LogP contribution is -3.16. The summed E-state index contributed by atoms with van der Waals surface area (Å²) in [5.41, 5.74) is 2.59. The first-order chi connectivity index (χ1) is 12.1. The van der Waals surface area contributed by atoms with E-state index in [9.17, 15) is 5.11 Å². The predicted octanol–water partition coefficient (Wildman–Crippen LogP) is 1.90. The van der Waals surface area contributed by atoms with Crippen LogP contribution in [-0.4, -0.2) is 50.5 Å². The minimum Gasteiger partial charge on any atom is -0.491 e. The summed E-state index contributed by atoms with van der Waals surface area (Å²) in [6, 6.07) is 16.4. The quantitative estimate of drug-likeness (QED) is 0.770. The van der Waals surface area contributed by atoms with Crippen molar-refractivity contribution in [2.24, 2.45) is 0 Å². The van der Waals surface area contributed by atoms with Gasteiger partial charge in [0, 0.05) is 10.2 Å². The van der Waals surface area contributed by atoms with Gasteiger partial charge in [-0.15, -0.1) is 0 Å². The number of anilines is 1. The fourth-order valence-electron chi connectivity index (χ4n) is 3.16. The number of quaternary nitrogens is 1. The molecule has 1 fully saturated rings. The van der Waals surface area contributed by atoms with E-state index < -0.39 is 6.10 Å². The Labute approximate surface area is 158 Å². The maximum atomic E-state index is 10.3. The van der Waals surface area contributed by atoms with Crippen LogP contribution in [0.5, 0.6) is 5.75 Å². The molecular formula is C20H26BrN2O2+. The summed E-state index contributed by atoms with van der Waals surface area (Å²) in [6.45, 7) is 7.33. The fraction of sp³-hybridized carbons (Fsp3) is 0.400. The number of halogens is 1. The van der Waals surface area contributed by atoms with E-state index in [4.69, 9.17) is 4.74 Å². The molecule has 1 aliphatic heterocycles. The van der Waals surface area contributed by atoms with E-state index in [2.05, 4.69) is 52.0 Å². The van der Waals surface area contributed by atoms with E-state index >= 15 is 0 Å². The second kappa shape index (κ2) is 8.70. The van der Waals surface area contributed by atoms with E-state index in [1.807, 2.05) is 24.3 Å². The third-order valence-corrected chi connectivity index (χ3v) is 5.18. The second-order valence-corrected chi connectivity index (χ2v) is 7.61. The summed E-state index contributed by atoms with van der Waals surface area (Å²) < 4.78 is 6.70. The molecule has 0 unspecified atom stereocenters. The van der Waals surface area contributed by atoms with Crippen LogP contribution in [-0.2, 0) is 0 Å². The number of aliphatic hydroxyl groups is 1. The zero-order valence-corrected chi connectivity index (χ0v) is 16.2. The zero-order chi connectivity index (χ0) is 17.6. The van der Waals surface area contributed by atoms with Crippen LogP contribution in [0, 0.1) is 6.92 Å². The Morgan fingerprint density at radius 1 is 1.08 bits per heavy atom. The number of ether oxygens (including phenoxy) is 1. The van der Waals surface area contributed by atoms with Crippen LogP contribution in [0.2, 0.25) is 0 Å². The van der Waals surface area contributed by atoms with Crippen molar-refractivity contribution >= 4 is 21.6 Å². The molecule has 2 N–H and O–H groups in total. The first-order valence-corrected chi connectivity index (χ1v) is 9.61. The van der Waals surface area contributed by atoms with Gasteiger partial charge in [-0.3, -0.25) is 0 Å². The van der Waals surface area contributed by atoms with Crippen molar-refractivity contribution in [1.82, 2.24) is 0 Å². The first kappa shape index (κ1) is 18.2. The largest absolute Gasteiger partial charge is 0.491 e. The molecule has 2 aromatic carbocycles. The standard InChI is InChI=1S/C20H25BrN2O2/c1-16-2-6-18(7-3-16)23-12-10-22(11-13-23)14-19(24)15-25-20-8-4-17(21)5-9-20/h2-9,19,24H,10-15H2,1H3/p+1/t19-/m1/s1. The second-order valence-electron chi connectivity index (χ2n) is 6.70. The SMILES string of the molecule is Cc1ccc(N2CC[NH+](C[C@@H](O)COc3ccc(Br)cc3)CC2)cc1. The first-order valence-electron chi connectivity index (χ1n) is 8.82. The van der Waals surface area contributed by atoms with Crippen molar-refractivity contribution in [2.45, 2.75) is 13.0 Å². The molecule has 1 saturated heterocycles. The Balaban J connectivity index is 1.40. The maximum absolute atomic E-state index is 10.3. The average Bonchev–Trinajstić information content (AvgIpc) is 2.63. The van der Waals surface area contributed by atoms with Gasteiger partial charge in [0.05, 0.1) is 26.2 Å². The molecule has 4 nitrogen and oxygen atoms in total. The lowest BCUT2D eigenvalue weighted by atomic mass is 10.2. The minimum atomic E-state index is -0.440. The molecule has 3 rings (SSSR count). The van der Waals surface area contributed by atoms with Crippen LogP contribution < -0.4 is 14.5 Å². The van der Waals surface area contributed by atoms with Crippen molar-refractivity contribution in [3.05, 3.63) is 58.6 Å². The minimum absolute atomic E-state index is 0.340. The fourth-order valence-corrected chi connectivity index (χ4v) is 3.42. The van der Waals surface area contributed by atoms with Gasteiger partial charge in [-0.25, -0.2) is 0 Å². The molecule has 2 aromatic rings. The van der Waals surface area contributed by atoms with Gasteiger partial charge in [0.25, 0.3) is 0 Å². The van der Waals surface area contributed by atoms with Gasteiger partial charge >= 0.3 is 0 Å². The predicted molar refractivity (Wildman–Crippen MR) is 105 cm³/mol. The van der Waals surface area contributed by atoms with Gasteiger partial charge in [0.2, 0.25) is 0 Å². The summed E-state index contributed by atoms with van der Waals surface area (Å²) in [7, 11) is 0. The number of rotatable bonds is 6. The highest BCUT2D eigenvalue weighted by molar-refractivity contribution is 9.10. The average molecular weight is 406 g/mol. The maximum Gasteiger partial charge on any atom is 0.137 e. The molecule has 0 aliphatic carbocycles. The Hall–Kier alpha value is -1.56. The number of benzene rings is 2. The topological polar surface area (TPSA) is 37.1 Å². The van der Waals surface area contributed by atoms with Crippen molar-refractivity contribution in [3.63, 3.8) is 0 Å². The number of aryl methyl sites for hydroxylation is 1. The summed E-state index contributed by atoms with van der Waals surface area (Å²) in [5.74, 6) is 0.793. The lowest BCUT2D eigenvalue weighted by Gasteiger charge is -2.34. The zero-order valence-electron chi connectivity index (χ0n) is 14.6. The molecule has 25 heavy (non-hydrogen) atoms. The van der Waals surface area contributed by atoms with Gasteiger partial charge < -0.3 is 19.6 Å². The summed E-state index contributed by atoms with van der Waals surface area (Å²) in [5, 5.41) is 10.3. The van der Waals surface area contributed by atoms with Crippen molar-refractivity contribution in [2.75, 3.05) is 44.2 Å². The summed E-state index contributed by atoms with van der Waals surface area (Å²) >= 11 is 3.40. The van der Waals surface area contributed by atoms with Crippen molar-refractivity contribution in [3.8, 4) is 5.75 Å². The van der Waals surface area contributed by atoms with Gasteiger partial charge in [0.15, 0.2) is 0 Å². The molecule has 1 atom stereocenters. The number of hydrogen-bond donors (Lipinski definition) is 2. The van der Waals surface area contributed by atoms with Gasteiger partial charge in [0.1, 0.15) is 25.0 Å². The highest BCUT2D eigenvalue weighted by atomic mass is 79.9. The van der Waals surface area contributed by atoms with Crippen LogP contribution in [0.3, 0.4) is 0 Å². The summed E-state index contributed by atoms with van der Waals surface area (Å²) in [4.78, 5) is 3.86. The van der Waals surface area contributed by atoms with Crippen molar-refractivity contribution in [1.29, 1.82) is 0 Å². The monoisotopic (exact) mass is 405 g/mol. The third kappa shape index (κ3) is 5.46. The van der Waals surface area contributed by atoms with Crippen molar-refractivity contribution < 1.29 is 14.7 Å². The smallest absolute Gasteiger partial charge is 0.137 e. The number of nitrogens with zero attached hydrogens (tertiary/aromatic N) is 1. The molecule has 0 bridgehead atoms. The molecule has 0 amide bonds. The number of piperazine rings is 1.